The molecule has 0 aliphatic carbocycles. The number of halogens is 2. The number of rotatable bonds is 9. The summed E-state index contributed by atoms with van der Waals surface area (Å²) in [7, 11) is 0. The molecule has 2 aromatic rings. The van der Waals surface area contributed by atoms with Crippen LogP contribution < -0.4 is 0 Å². The summed E-state index contributed by atoms with van der Waals surface area (Å²) in [4.78, 5) is 12.4. The number of benzene rings is 1. The first-order valence-electron chi connectivity index (χ1n) is 9.69. The van der Waals surface area contributed by atoms with Gasteiger partial charge in [-0.3, -0.25) is 4.79 Å². The molecule has 0 spiro atoms. The number of carbonyl (C=O) groups excluding carboxylic acids is 1. The fourth-order valence-corrected chi connectivity index (χ4v) is 4.96. The number of nitrogens with zero attached hydrogens (tertiary/aromatic N) is 1. The normalized spacial score (nSPS) is 12.0. The highest BCUT2D eigenvalue weighted by atomic mass is 35.5. The molecule has 0 atom stereocenters. The first-order valence-corrected chi connectivity index (χ1v) is 11.3. The Kier molecular flexibility index (Phi) is 9.35. The minimum absolute atomic E-state index is 0.211. The summed E-state index contributed by atoms with van der Waals surface area (Å²) in [6, 6.07) is 7.64. The number of ether oxygens (including phenoxy) is 1. The van der Waals surface area contributed by atoms with E-state index in [2.05, 4.69) is 37.1 Å². The van der Waals surface area contributed by atoms with Crippen LogP contribution in [-0.2, 0) is 22.7 Å². The lowest BCUT2D eigenvalue weighted by Crippen LogP contribution is -2.09. The van der Waals surface area contributed by atoms with E-state index in [1.54, 1.807) is 23.9 Å². The molecule has 0 aliphatic rings. The molecule has 0 aliphatic heterocycles. The molecule has 0 saturated carbocycles. The summed E-state index contributed by atoms with van der Waals surface area (Å²) in [5, 5.41) is 2.26. The van der Waals surface area contributed by atoms with Gasteiger partial charge in [-0.1, -0.05) is 79.7 Å². The van der Waals surface area contributed by atoms with Crippen molar-refractivity contribution >= 4 is 40.9 Å². The molecule has 0 saturated heterocycles. The molecule has 1 heterocycles. The largest absolute Gasteiger partial charge is 0.459 e. The van der Waals surface area contributed by atoms with Gasteiger partial charge in [0, 0.05) is 28.4 Å². The van der Waals surface area contributed by atoms with Gasteiger partial charge in [0.2, 0.25) is 0 Å². The maximum absolute atomic E-state index is 11.4. The molecule has 0 fully saturated rings. The summed E-state index contributed by atoms with van der Waals surface area (Å²) in [6.07, 6.45) is 7.81. The van der Waals surface area contributed by atoms with Crippen molar-refractivity contribution < 1.29 is 9.53 Å². The first kappa shape index (κ1) is 24.4. The van der Waals surface area contributed by atoms with Gasteiger partial charge in [0.15, 0.2) is 0 Å². The lowest BCUT2D eigenvalue weighted by Gasteiger charge is -2.16. The average molecular weight is 464 g/mol. The summed E-state index contributed by atoms with van der Waals surface area (Å²) in [5.41, 5.74) is 3.20. The predicted molar refractivity (Wildman–Crippen MR) is 128 cm³/mol. The molecular formula is C24H27Cl2NO2S. The molecule has 0 N–H and O–H groups in total. The van der Waals surface area contributed by atoms with E-state index >= 15 is 0 Å². The van der Waals surface area contributed by atoms with E-state index in [9.17, 15) is 4.79 Å². The van der Waals surface area contributed by atoms with E-state index in [1.807, 2.05) is 31.2 Å². The Bertz CT molecular complexity index is 954. The molecule has 0 bridgehead atoms. The summed E-state index contributed by atoms with van der Waals surface area (Å²) in [5.74, 6) is -0.0204. The van der Waals surface area contributed by atoms with E-state index in [0.29, 0.717) is 16.6 Å². The number of esters is 1. The van der Waals surface area contributed by atoms with E-state index < -0.39 is 0 Å². The maximum Gasteiger partial charge on any atom is 0.303 e. The zero-order valence-electron chi connectivity index (χ0n) is 17.7. The van der Waals surface area contributed by atoms with Gasteiger partial charge < -0.3 is 9.30 Å². The van der Waals surface area contributed by atoms with Gasteiger partial charge in [0.1, 0.15) is 6.61 Å². The minimum atomic E-state index is -0.306. The third-order valence-corrected chi connectivity index (χ3v) is 5.87. The van der Waals surface area contributed by atoms with Gasteiger partial charge in [-0.2, -0.15) is 0 Å². The van der Waals surface area contributed by atoms with E-state index in [0.717, 1.165) is 21.2 Å². The molecule has 3 nitrogen and oxygen atoms in total. The highest BCUT2D eigenvalue weighted by Crippen LogP contribution is 2.39. The smallest absolute Gasteiger partial charge is 0.303 e. The highest BCUT2D eigenvalue weighted by molar-refractivity contribution is 7.99. The Hall–Kier alpha value is -1.88. The topological polar surface area (TPSA) is 31.2 Å². The molecule has 30 heavy (non-hydrogen) atoms. The van der Waals surface area contributed by atoms with Crippen molar-refractivity contribution in [3.8, 4) is 0 Å². The second-order valence-electron chi connectivity index (χ2n) is 7.10. The number of allylic oxidation sites excluding steroid dienone is 5. The fourth-order valence-electron chi connectivity index (χ4n) is 3.01. The third kappa shape index (κ3) is 6.83. The van der Waals surface area contributed by atoms with Crippen molar-refractivity contribution in [3.63, 3.8) is 0 Å². The Balaban J connectivity index is 2.61. The molecule has 160 valence electrons. The minimum Gasteiger partial charge on any atom is -0.459 e. The molecule has 0 unspecified atom stereocenters. The van der Waals surface area contributed by atoms with Crippen molar-refractivity contribution in [1.82, 2.24) is 4.57 Å². The van der Waals surface area contributed by atoms with E-state index in [-0.39, 0.29) is 18.5 Å². The van der Waals surface area contributed by atoms with Crippen LogP contribution in [0.15, 0.2) is 70.6 Å². The van der Waals surface area contributed by atoms with Crippen LogP contribution in [0.4, 0.5) is 0 Å². The quantitative estimate of drug-likeness (QED) is 0.280. The molecular weight excluding hydrogens is 437 g/mol. The Morgan fingerprint density at radius 1 is 1.23 bits per heavy atom. The second kappa shape index (κ2) is 11.5. The van der Waals surface area contributed by atoms with Gasteiger partial charge >= 0.3 is 5.97 Å². The van der Waals surface area contributed by atoms with Crippen LogP contribution in [0.2, 0.25) is 10.0 Å². The van der Waals surface area contributed by atoms with Crippen LogP contribution in [0.3, 0.4) is 0 Å². The number of hydrogen-bond donors (Lipinski definition) is 0. The molecule has 2 rings (SSSR count). The Morgan fingerprint density at radius 2 is 1.90 bits per heavy atom. The monoisotopic (exact) mass is 463 g/mol. The van der Waals surface area contributed by atoms with Crippen molar-refractivity contribution in [2.45, 2.75) is 56.7 Å². The number of carbonyl (C=O) groups is 1. The summed E-state index contributed by atoms with van der Waals surface area (Å²) in [6.45, 7) is 12.4. The molecule has 1 aromatic carbocycles. The van der Waals surface area contributed by atoms with Crippen LogP contribution in [0.25, 0.3) is 0 Å². The van der Waals surface area contributed by atoms with Gasteiger partial charge in [-0.05, 0) is 48.2 Å². The van der Waals surface area contributed by atoms with Crippen LogP contribution in [-0.4, -0.2) is 10.5 Å². The van der Waals surface area contributed by atoms with Crippen LogP contribution in [0.5, 0.6) is 0 Å². The molecule has 0 radical (unpaired) electrons. The predicted octanol–water partition coefficient (Wildman–Crippen LogP) is 7.82. The lowest BCUT2D eigenvalue weighted by molar-refractivity contribution is -0.142. The van der Waals surface area contributed by atoms with Crippen molar-refractivity contribution in [2.24, 2.45) is 0 Å². The summed E-state index contributed by atoms with van der Waals surface area (Å²) < 4.78 is 7.53. The maximum atomic E-state index is 11.4. The second-order valence-corrected chi connectivity index (χ2v) is 9.04. The van der Waals surface area contributed by atoms with Crippen LogP contribution in [0, 0.1) is 0 Å². The zero-order chi connectivity index (χ0) is 22.3. The fraction of sp³-hybridized carbons (Fsp3) is 0.292. The standard InChI is InChI=1S/C24H27Cl2NO2S/c1-6-8-18(9-7-2)14-27-21(15-29-17(5)28)13-23(16(3)4)24(27)30-22-11-19(25)10-20(26)12-22/h6-13,16H,1,14-15H2,2-5H3/b9-7-,18-8+. The van der Waals surface area contributed by atoms with Gasteiger partial charge in [0.25, 0.3) is 0 Å². The number of aromatic nitrogens is 1. The SMILES string of the molecule is C=C/C=C(\C=C/C)Cn1c(COC(C)=O)cc(C(C)C)c1Sc1cc(Cl)cc(Cl)c1. The summed E-state index contributed by atoms with van der Waals surface area (Å²) >= 11 is 14.1. The average Bonchev–Trinajstić information content (AvgIpc) is 2.97. The number of hydrogen-bond acceptors (Lipinski definition) is 3. The first-order chi connectivity index (χ1) is 14.2. The van der Waals surface area contributed by atoms with Crippen LogP contribution >= 0.6 is 35.0 Å². The van der Waals surface area contributed by atoms with Gasteiger partial charge in [-0.15, -0.1) is 0 Å². The molecule has 0 amide bonds. The highest BCUT2D eigenvalue weighted by Gasteiger charge is 2.20. The molecule has 1 aromatic heterocycles. The van der Waals surface area contributed by atoms with E-state index in [4.69, 9.17) is 27.9 Å². The third-order valence-electron chi connectivity index (χ3n) is 4.31. The molecule has 6 heteroatoms. The van der Waals surface area contributed by atoms with E-state index in [1.165, 1.54) is 12.5 Å². The van der Waals surface area contributed by atoms with Crippen molar-refractivity contribution in [2.75, 3.05) is 0 Å². The van der Waals surface area contributed by atoms with Crippen molar-refractivity contribution in [1.29, 1.82) is 0 Å². The van der Waals surface area contributed by atoms with Gasteiger partial charge in [-0.25, -0.2) is 0 Å². The lowest BCUT2D eigenvalue weighted by atomic mass is 10.1. The van der Waals surface area contributed by atoms with Crippen LogP contribution in [0.1, 0.15) is 44.9 Å². The van der Waals surface area contributed by atoms with Crippen molar-refractivity contribution in [3.05, 3.63) is 82.0 Å². The Labute approximate surface area is 193 Å². The Morgan fingerprint density at radius 3 is 2.43 bits per heavy atom. The van der Waals surface area contributed by atoms with Gasteiger partial charge in [0.05, 0.1) is 10.7 Å². The zero-order valence-corrected chi connectivity index (χ0v) is 20.1.